The van der Waals surface area contributed by atoms with Crippen LogP contribution in [0.4, 0.5) is 0 Å². The predicted molar refractivity (Wildman–Crippen MR) is 361 cm³/mol. The first-order chi connectivity index (χ1) is 40.5. The molecule has 0 heterocycles. The van der Waals surface area contributed by atoms with E-state index in [9.17, 15) is 19.8 Å². The smallest absolute Gasteiger partial charge is 0.305 e. The minimum atomic E-state index is -0.665. The van der Waals surface area contributed by atoms with E-state index in [2.05, 4.69) is 43.5 Å². The third kappa shape index (κ3) is 67.5. The molecule has 0 aromatic rings. The van der Waals surface area contributed by atoms with Crippen LogP contribution in [-0.2, 0) is 14.3 Å². The van der Waals surface area contributed by atoms with Crippen LogP contribution in [0.2, 0.25) is 0 Å². The van der Waals surface area contributed by atoms with Crippen molar-refractivity contribution < 1.29 is 24.5 Å². The molecule has 0 aliphatic carbocycles. The summed E-state index contributed by atoms with van der Waals surface area (Å²) < 4.78 is 5.47. The van der Waals surface area contributed by atoms with Gasteiger partial charge in [-0.2, -0.15) is 0 Å². The summed E-state index contributed by atoms with van der Waals surface area (Å²) in [4.78, 5) is 24.6. The maximum atomic E-state index is 12.6. The molecule has 0 fully saturated rings. The van der Waals surface area contributed by atoms with Crippen LogP contribution in [0, 0.1) is 0 Å². The summed E-state index contributed by atoms with van der Waals surface area (Å²) in [6.45, 7) is 4.96. The Kier molecular flexibility index (Phi) is 70.4. The van der Waals surface area contributed by atoms with Crippen LogP contribution < -0.4 is 5.32 Å². The summed E-state index contributed by atoms with van der Waals surface area (Å²) >= 11 is 0. The average Bonchev–Trinajstić information content (AvgIpc) is 3.48. The molecule has 0 saturated carbocycles. The Morgan fingerprint density at radius 2 is 0.585 bits per heavy atom. The number of aliphatic hydroxyl groups is 2. The lowest BCUT2D eigenvalue weighted by molar-refractivity contribution is -0.143. The first-order valence-electron chi connectivity index (χ1n) is 37.6. The number of carbonyl (C=O) groups is 2. The standard InChI is InChI=1S/C76H147NO5/c1-3-5-7-9-11-13-15-16-17-18-19-20-21-27-30-33-36-39-42-45-49-52-56-60-64-68-74(79)73(72-78)77-75(80)69-65-61-57-53-50-46-43-40-37-34-31-28-25-23-22-24-26-29-32-35-38-41-44-47-51-55-59-63-67-71-82-76(81)70-66-62-58-54-48-14-12-10-8-6-4-2/h10,12,22,24,73-74,78-79H,3-9,11,13-21,23,25-72H2,1-2H3,(H,77,80)/b12-10-,24-22-. The van der Waals surface area contributed by atoms with E-state index in [1.165, 1.54) is 347 Å². The van der Waals surface area contributed by atoms with Crippen LogP contribution in [0.15, 0.2) is 24.3 Å². The van der Waals surface area contributed by atoms with E-state index in [-0.39, 0.29) is 18.5 Å². The minimum absolute atomic E-state index is 0.00617. The average molecular weight is 1160 g/mol. The number of aliphatic hydroxyl groups excluding tert-OH is 2. The summed E-state index contributed by atoms with van der Waals surface area (Å²) in [5, 5.41) is 23.5. The number of amides is 1. The van der Waals surface area contributed by atoms with Crippen LogP contribution in [0.5, 0.6) is 0 Å². The zero-order chi connectivity index (χ0) is 59.2. The number of carbonyl (C=O) groups excluding carboxylic acids is 2. The molecular weight excluding hydrogens is 1010 g/mol. The van der Waals surface area contributed by atoms with Gasteiger partial charge in [-0.05, 0) is 70.6 Å². The summed E-state index contributed by atoms with van der Waals surface area (Å²) in [7, 11) is 0. The molecule has 486 valence electrons. The largest absolute Gasteiger partial charge is 0.466 e. The van der Waals surface area contributed by atoms with Crippen molar-refractivity contribution in [3.05, 3.63) is 24.3 Å². The zero-order valence-electron chi connectivity index (χ0n) is 55.8. The molecule has 1 amide bonds. The van der Waals surface area contributed by atoms with Crippen molar-refractivity contribution >= 4 is 11.9 Å². The van der Waals surface area contributed by atoms with Gasteiger partial charge in [0.2, 0.25) is 5.91 Å². The van der Waals surface area contributed by atoms with Crippen molar-refractivity contribution in [1.29, 1.82) is 0 Å². The molecule has 2 atom stereocenters. The fourth-order valence-electron chi connectivity index (χ4n) is 12.0. The molecule has 0 aliphatic rings. The second-order valence-electron chi connectivity index (χ2n) is 26.0. The Morgan fingerprint density at radius 1 is 0.329 bits per heavy atom. The number of nitrogens with one attached hydrogen (secondary N) is 1. The first-order valence-corrected chi connectivity index (χ1v) is 37.6. The Labute approximate surface area is 513 Å². The van der Waals surface area contributed by atoms with Gasteiger partial charge < -0.3 is 20.3 Å². The van der Waals surface area contributed by atoms with Gasteiger partial charge in [-0.1, -0.05) is 366 Å². The number of hydrogen-bond acceptors (Lipinski definition) is 5. The van der Waals surface area contributed by atoms with Gasteiger partial charge in [0.25, 0.3) is 0 Å². The van der Waals surface area contributed by atoms with Crippen LogP contribution in [0.25, 0.3) is 0 Å². The SMILES string of the molecule is CCCC/C=C\CCCCCCCC(=O)OCCCCCCCCCCCCCC/C=C\CCCCCCCCCCCCCCCC(=O)NC(CO)C(O)CCCCCCCCCCCCCCCCCCCCCCCCCCC. The molecule has 6 nitrogen and oxygen atoms in total. The normalized spacial score (nSPS) is 12.6. The Hall–Kier alpha value is -1.66. The lowest BCUT2D eigenvalue weighted by Crippen LogP contribution is -2.45. The summed E-state index contributed by atoms with van der Waals surface area (Å²) in [5.74, 6) is -0.0225. The summed E-state index contributed by atoms with van der Waals surface area (Å²) in [6.07, 6.45) is 91.1. The second kappa shape index (κ2) is 71.8. The Balaban J connectivity index is 3.38. The van der Waals surface area contributed by atoms with Crippen molar-refractivity contribution in [2.45, 2.75) is 437 Å². The van der Waals surface area contributed by atoms with E-state index in [4.69, 9.17) is 4.74 Å². The van der Waals surface area contributed by atoms with Crippen LogP contribution in [0.3, 0.4) is 0 Å². The third-order valence-electron chi connectivity index (χ3n) is 17.7. The highest BCUT2D eigenvalue weighted by molar-refractivity contribution is 5.76. The predicted octanol–water partition coefficient (Wildman–Crippen LogP) is 24.5. The van der Waals surface area contributed by atoms with Crippen LogP contribution in [-0.4, -0.2) is 47.4 Å². The van der Waals surface area contributed by atoms with Gasteiger partial charge in [-0.15, -0.1) is 0 Å². The molecule has 0 aliphatic heterocycles. The number of allylic oxidation sites excluding steroid dienone is 4. The number of ether oxygens (including phenoxy) is 1. The van der Waals surface area contributed by atoms with Gasteiger partial charge in [-0.3, -0.25) is 9.59 Å². The number of hydrogen-bond donors (Lipinski definition) is 3. The van der Waals surface area contributed by atoms with E-state index >= 15 is 0 Å². The van der Waals surface area contributed by atoms with E-state index in [1.54, 1.807) is 0 Å². The molecule has 0 aromatic heterocycles. The highest BCUT2D eigenvalue weighted by Gasteiger charge is 2.20. The molecule has 6 heteroatoms. The third-order valence-corrected chi connectivity index (χ3v) is 17.7. The highest BCUT2D eigenvalue weighted by atomic mass is 16.5. The van der Waals surface area contributed by atoms with Crippen molar-refractivity contribution in [3.63, 3.8) is 0 Å². The van der Waals surface area contributed by atoms with Crippen molar-refractivity contribution in [1.82, 2.24) is 5.32 Å². The maximum absolute atomic E-state index is 12.6. The molecule has 0 bridgehead atoms. The zero-order valence-corrected chi connectivity index (χ0v) is 55.8. The van der Waals surface area contributed by atoms with E-state index in [0.717, 1.165) is 44.9 Å². The van der Waals surface area contributed by atoms with Crippen LogP contribution >= 0.6 is 0 Å². The fourth-order valence-corrected chi connectivity index (χ4v) is 12.0. The van der Waals surface area contributed by atoms with Gasteiger partial charge in [0.15, 0.2) is 0 Å². The molecule has 0 radical (unpaired) electrons. The molecule has 3 N–H and O–H groups in total. The minimum Gasteiger partial charge on any atom is -0.466 e. The molecule has 82 heavy (non-hydrogen) atoms. The number of unbranched alkanes of at least 4 members (excludes halogenated alkanes) is 56. The lowest BCUT2D eigenvalue weighted by atomic mass is 10.0. The van der Waals surface area contributed by atoms with Gasteiger partial charge in [-0.25, -0.2) is 0 Å². The number of esters is 1. The van der Waals surface area contributed by atoms with Gasteiger partial charge in [0.1, 0.15) is 0 Å². The topological polar surface area (TPSA) is 95.9 Å². The van der Waals surface area contributed by atoms with E-state index < -0.39 is 12.1 Å². The Bertz CT molecular complexity index is 1280. The number of rotatable bonds is 71. The van der Waals surface area contributed by atoms with Crippen molar-refractivity contribution in [3.8, 4) is 0 Å². The highest BCUT2D eigenvalue weighted by Crippen LogP contribution is 2.19. The van der Waals surface area contributed by atoms with Gasteiger partial charge >= 0.3 is 5.97 Å². The summed E-state index contributed by atoms with van der Waals surface area (Å²) in [5.41, 5.74) is 0. The molecule has 0 aromatic carbocycles. The van der Waals surface area contributed by atoms with E-state index in [0.29, 0.717) is 25.9 Å². The quantitative estimate of drug-likeness (QED) is 0.0320. The molecule has 2 unspecified atom stereocenters. The molecule has 0 saturated heterocycles. The molecule has 0 rings (SSSR count). The first kappa shape index (κ1) is 80.3. The second-order valence-corrected chi connectivity index (χ2v) is 26.0. The van der Waals surface area contributed by atoms with Gasteiger partial charge in [0, 0.05) is 12.8 Å². The molecular formula is C76H147NO5. The van der Waals surface area contributed by atoms with Crippen molar-refractivity contribution in [2.24, 2.45) is 0 Å². The van der Waals surface area contributed by atoms with Crippen LogP contribution in [0.1, 0.15) is 425 Å². The Morgan fingerprint density at radius 3 is 0.902 bits per heavy atom. The van der Waals surface area contributed by atoms with Gasteiger partial charge in [0.05, 0.1) is 25.4 Å². The fraction of sp³-hybridized carbons (Fsp3) is 0.921. The monoisotopic (exact) mass is 1150 g/mol. The van der Waals surface area contributed by atoms with E-state index in [1.807, 2.05) is 0 Å². The lowest BCUT2D eigenvalue weighted by Gasteiger charge is -2.22. The molecule has 0 spiro atoms. The van der Waals surface area contributed by atoms with Crippen molar-refractivity contribution in [2.75, 3.05) is 13.2 Å². The maximum Gasteiger partial charge on any atom is 0.305 e. The summed E-state index contributed by atoms with van der Waals surface area (Å²) in [6, 6.07) is -0.542.